The molecule has 10 heavy (non-hydrogen) atoms. The van der Waals surface area contributed by atoms with Crippen LogP contribution >= 0.6 is 25.3 Å². The van der Waals surface area contributed by atoms with Gasteiger partial charge in [-0.25, -0.2) is 4.79 Å². The number of urea groups is 1. The number of carbonyl (C=O) groups excluding carboxylic acids is 2. The van der Waals surface area contributed by atoms with Gasteiger partial charge in [0.1, 0.15) is 4.20 Å². The van der Waals surface area contributed by atoms with Crippen LogP contribution in [0.3, 0.4) is 0 Å². The standard InChI is InChI=1S/C4H6N2O2S2/c7-2-1-4(9,10)6-3(8)5-2/h9-10H,1H2,(H2,5,6,7,8). The Morgan fingerprint density at radius 3 is 2.40 bits per heavy atom. The van der Waals surface area contributed by atoms with E-state index >= 15 is 0 Å². The van der Waals surface area contributed by atoms with Crippen molar-refractivity contribution in [2.24, 2.45) is 0 Å². The summed E-state index contributed by atoms with van der Waals surface area (Å²) in [6, 6.07) is -0.554. The highest BCUT2D eigenvalue weighted by molar-refractivity contribution is 8.00. The summed E-state index contributed by atoms with van der Waals surface area (Å²) in [5, 5.41) is 4.39. The third-order valence-corrected chi connectivity index (χ3v) is 1.51. The number of imide groups is 1. The molecule has 1 rings (SSSR count). The molecule has 1 aliphatic rings. The van der Waals surface area contributed by atoms with E-state index in [-0.39, 0.29) is 12.3 Å². The van der Waals surface area contributed by atoms with Crippen LogP contribution in [0, 0.1) is 0 Å². The molecule has 0 spiro atoms. The highest BCUT2D eigenvalue weighted by Gasteiger charge is 2.31. The first-order valence-corrected chi connectivity index (χ1v) is 3.46. The van der Waals surface area contributed by atoms with E-state index in [9.17, 15) is 9.59 Å². The van der Waals surface area contributed by atoms with E-state index in [2.05, 4.69) is 30.6 Å². The number of hydrogen-bond donors (Lipinski definition) is 4. The molecule has 0 aromatic heterocycles. The first-order valence-electron chi connectivity index (χ1n) is 2.56. The van der Waals surface area contributed by atoms with Crippen molar-refractivity contribution in [3.63, 3.8) is 0 Å². The van der Waals surface area contributed by atoms with Gasteiger partial charge in [-0.2, -0.15) is 0 Å². The third-order valence-electron chi connectivity index (χ3n) is 0.974. The topological polar surface area (TPSA) is 58.2 Å². The first-order chi connectivity index (χ1) is 4.49. The van der Waals surface area contributed by atoms with Crippen LogP contribution in [0.4, 0.5) is 4.79 Å². The fourth-order valence-corrected chi connectivity index (χ4v) is 1.14. The van der Waals surface area contributed by atoms with Crippen LogP contribution in [0.2, 0.25) is 0 Å². The molecule has 1 saturated heterocycles. The van der Waals surface area contributed by atoms with Gasteiger partial charge < -0.3 is 5.32 Å². The minimum atomic E-state index is -1.00. The van der Waals surface area contributed by atoms with Gasteiger partial charge in [-0.05, 0) is 0 Å². The largest absolute Gasteiger partial charge is 0.323 e. The van der Waals surface area contributed by atoms with Gasteiger partial charge >= 0.3 is 6.03 Å². The highest BCUT2D eigenvalue weighted by Crippen LogP contribution is 2.21. The average Bonchev–Trinajstić information content (AvgIpc) is 1.54. The minimum absolute atomic E-state index is 0.0744. The van der Waals surface area contributed by atoms with Crippen LogP contribution in [0.15, 0.2) is 0 Å². The summed E-state index contributed by atoms with van der Waals surface area (Å²) in [7, 11) is 0. The Labute approximate surface area is 68.6 Å². The van der Waals surface area contributed by atoms with Gasteiger partial charge in [-0.1, -0.05) is 0 Å². The lowest BCUT2D eigenvalue weighted by Gasteiger charge is -2.27. The van der Waals surface area contributed by atoms with Gasteiger partial charge in [0.05, 0.1) is 6.42 Å². The van der Waals surface area contributed by atoms with E-state index in [0.717, 1.165) is 0 Å². The zero-order valence-electron chi connectivity index (χ0n) is 4.92. The summed E-state index contributed by atoms with van der Waals surface area (Å²) < 4.78 is -1.00. The van der Waals surface area contributed by atoms with Crippen LogP contribution in [0.5, 0.6) is 0 Å². The lowest BCUT2D eigenvalue weighted by atomic mass is 10.3. The molecular weight excluding hydrogens is 172 g/mol. The fraction of sp³-hybridized carbons (Fsp3) is 0.500. The summed E-state index contributed by atoms with van der Waals surface area (Å²) in [4.78, 5) is 21.2. The number of hydrogen-bond acceptors (Lipinski definition) is 4. The van der Waals surface area contributed by atoms with Gasteiger partial charge in [0, 0.05) is 0 Å². The maximum Gasteiger partial charge on any atom is 0.323 e. The highest BCUT2D eigenvalue weighted by atomic mass is 32.2. The molecule has 0 unspecified atom stereocenters. The molecule has 2 N–H and O–H groups in total. The van der Waals surface area contributed by atoms with E-state index in [0.29, 0.717) is 0 Å². The van der Waals surface area contributed by atoms with Gasteiger partial charge in [0.25, 0.3) is 0 Å². The molecule has 0 aliphatic carbocycles. The van der Waals surface area contributed by atoms with E-state index < -0.39 is 10.2 Å². The van der Waals surface area contributed by atoms with E-state index in [1.54, 1.807) is 0 Å². The van der Waals surface area contributed by atoms with Crippen LogP contribution < -0.4 is 10.6 Å². The Balaban J connectivity index is 2.68. The van der Waals surface area contributed by atoms with Crippen molar-refractivity contribution in [1.29, 1.82) is 0 Å². The zero-order chi connectivity index (χ0) is 7.78. The molecule has 1 heterocycles. The lowest BCUT2D eigenvalue weighted by molar-refractivity contribution is -0.120. The van der Waals surface area contributed by atoms with Crippen molar-refractivity contribution < 1.29 is 9.59 Å². The molecule has 4 nitrogen and oxygen atoms in total. The molecule has 6 heteroatoms. The number of nitrogens with one attached hydrogen (secondary N) is 2. The van der Waals surface area contributed by atoms with Gasteiger partial charge in [-0.3, -0.25) is 10.1 Å². The first kappa shape index (κ1) is 7.74. The molecule has 0 radical (unpaired) electrons. The Kier molecular flexibility index (Phi) is 1.82. The number of carbonyl (C=O) groups is 2. The van der Waals surface area contributed by atoms with Crippen LogP contribution in [-0.4, -0.2) is 16.1 Å². The molecule has 1 aliphatic heterocycles. The van der Waals surface area contributed by atoms with Crippen molar-refractivity contribution >= 4 is 37.2 Å². The van der Waals surface area contributed by atoms with E-state index in [1.807, 2.05) is 5.32 Å². The number of amides is 3. The van der Waals surface area contributed by atoms with E-state index in [4.69, 9.17) is 0 Å². The molecule has 0 aromatic rings. The predicted octanol–water partition coefficient (Wildman–Crippen LogP) is -0.271. The molecular formula is C4H6N2O2S2. The second kappa shape index (κ2) is 2.35. The second-order valence-corrected chi connectivity index (χ2v) is 3.88. The average molecular weight is 178 g/mol. The maximum atomic E-state index is 10.6. The summed E-state index contributed by atoms with van der Waals surface area (Å²) >= 11 is 7.82. The molecule has 0 aromatic carbocycles. The summed E-state index contributed by atoms with van der Waals surface area (Å²) in [6.07, 6.45) is 0.0744. The molecule has 56 valence electrons. The smallest absolute Gasteiger partial charge is 0.314 e. The van der Waals surface area contributed by atoms with Crippen molar-refractivity contribution in [2.45, 2.75) is 10.6 Å². The zero-order valence-corrected chi connectivity index (χ0v) is 6.71. The van der Waals surface area contributed by atoms with Crippen molar-refractivity contribution in [3.05, 3.63) is 0 Å². The molecule has 3 amide bonds. The van der Waals surface area contributed by atoms with Crippen LogP contribution in [0.1, 0.15) is 6.42 Å². The van der Waals surface area contributed by atoms with Crippen molar-refractivity contribution in [1.82, 2.24) is 10.6 Å². The third kappa shape index (κ3) is 1.81. The Bertz CT molecular complexity index is 174. The molecule has 1 fully saturated rings. The monoisotopic (exact) mass is 178 g/mol. The number of thiol groups is 2. The predicted molar refractivity (Wildman–Crippen MR) is 42.0 cm³/mol. The Hall–Kier alpha value is -0.360. The SMILES string of the molecule is O=C1CC(S)(S)NC(=O)N1. The summed E-state index contributed by atoms with van der Waals surface area (Å²) in [5.74, 6) is -0.367. The van der Waals surface area contributed by atoms with Crippen LogP contribution in [0.25, 0.3) is 0 Å². The fourth-order valence-electron chi connectivity index (χ4n) is 0.652. The second-order valence-electron chi connectivity index (χ2n) is 2.00. The molecule has 0 atom stereocenters. The minimum Gasteiger partial charge on any atom is -0.314 e. The van der Waals surface area contributed by atoms with Gasteiger partial charge in [0.15, 0.2) is 0 Å². The van der Waals surface area contributed by atoms with Gasteiger partial charge in [-0.15, -0.1) is 25.3 Å². The quantitative estimate of drug-likeness (QED) is 0.305. The number of rotatable bonds is 0. The maximum absolute atomic E-state index is 10.6. The molecule has 0 saturated carbocycles. The van der Waals surface area contributed by atoms with Gasteiger partial charge in [0.2, 0.25) is 5.91 Å². The van der Waals surface area contributed by atoms with Crippen LogP contribution in [-0.2, 0) is 4.79 Å². The van der Waals surface area contributed by atoms with E-state index in [1.165, 1.54) is 0 Å². The molecule has 0 bridgehead atoms. The normalized spacial score (nSPS) is 23.4. The summed E-state index contributed by atoms with van der Waals surface area (Å²) in [6.45, 7) is 0. The Morgan fingerprint density at radius 1 is 1.40 bits per heavy atom. The Morgan fingerprint density at radius 2 is 2.00 bits per heavy atom. The van der Waals surface area contributed by atoms with Crippen molar-refractivity contribution in [3.8, 4) is 0 Å². The lowest BCUT2D eigenvalue weighted by Crippen LogP contribution is -2.55. The summed E-state index contributed by atoms with van der Waals surface area (Å²) in [5.41, 5.74) is 0. The van der Waals surface area contributed by atoms with Crippen molar-refractivity contribution in [2.75, 3.05) is 0 Å².